The van der Waals surface area contributed by atoms with Gasteiger partial charge in [0, 0.05) is 18.2 Å². The van der Waals surface area contributed by atoms with Crippen molar-refractivity contribution in [2.45, 2.75) is 31.2 Å². The molecule has 0 atom stereocenters. The average Bonchev–Trinajstić information content (AvgIpc) is 2.53. The normalized spacial score (nSPS) is 11.8. The van der Waals surface area contributed by atoms with Crippen LogP contribution in [0, 0.1) is 6.92 Å². The zero-order valence-electron chi connectivity index (χ0n) is 14.8. The zero-order chi connectivity index (χ0) is 18.7. The number of benzene rings is 1. The van der Waals surface area contributed by atoms with E-state index in [1.54, 1.807) is 0 Å². The second kappa shape index (κ2) is 7.23. The van der Waals surface area contributed by atoms with Gasteiger partial charge in [-0.1, -0.05) is 38.1 Å². The van der Waals surface area contributed by atoms with Crippen molar-refractivity contribution < 1.29 is 13.2 Å². The number of rotatable bonds is 5. The van der Waals surface area contributed by atoms with E-state index in [1.165, 1.54) is 29.5 Å². The third-order valence-electron chi connectivity index (χ3n) is 3.94. The molecule has 0 aliphatic heterocycles. The van der Waals surface area contributed by atoms with E-state index < -0.39 is 9.84 Å². The molecule has 2 N–H and O–H groups in total. The van der Waals surface area contributed by atoms with Crippen LogP contribution in [0.3, 0.4) is 0 Å². The van der Waals surface area contributed by atoms with Crippen molar-refractivity contribution in [1.82, 2.24) is 10.3 Å². The molecule has 0 fully saturated rings. The minimum Gasteiger partial charge on any atom is -0.337 e. The minimum absolute atomic E-state index is 0.0286. The highest BCUT2D eigenvalue weighted by Gasteiger charge is 2.23. The van der Waals surface area contributed by atoms with Crippen LogP contribution in [0.5, 0.6) is 0 Å². The van der Waals surface area contributed by atoms with Crippen LogP contribution in [-0.4, -0.2) is 32.2 Å². The summed E-state index contributed by atoms with van der Waals surface area (Å²) in [5.74, 6) is 0. The van der Waals surface area contributed by atoms with Gasteiger partial charge in [-0.2, -0.15) is 0 Å². The van der Waals surface area contributed by atoms with Crippen LogP contribution >= 0.6 is 0 Å². The Bertz CT molecular complexity index is 859. The topological polar surface area (TPSA) is 88.2 Å². The number of urea groups is 1. The fourth-order valence-electron chi connectivity index (χ4n) is 2.58. The lowest BCUT2D eigenvalue weighted by Crippen LogP contribution is -2.39. The Labute approximate surface area is 148 Å². The summed E-state index contributed by atoms with van der Waals surface area (Å²) in [5, 5.41) is 5.47. The first kappa shape index (κ1) is 18.9. The molecule has 1 heterocycles. The number of anilines is 1. The molecule has 0 aliphatic carbocycles. The first-order valence-corrected chi connectivity index (χ1v) is 9.76. The van der Waals surface area contributed by atoms with Crippen LogP contribution in [0.25, 0.3) is 0 Å². The third-order valence-corrected chi connectivity index (χ3v) is 4.94. The zero-order valence-corrected chi connectivity index (χ0v) is 15.6. The van der Waals surface area contributed by atoms with Gasteiger partial charge in [0.25, 0.3) is 0 Å². The molecule has 2 aromatic rings. The molecule has 6 nitrogen and oxygen atoms in total. The number of hydrogen-bond acceptors (Lipinski definition) is 4. The van der Waals surface area contributed by atoms with Crippen molar-refractivity contribution in [1.29, 1.82) is 0 Å². The number of nitrogens with zero attached hydrogens (tertiary/aromatic N) is 1. The summed E-state index contributed by atoms with van der Waals surface area (Å²) in [6, 6.07) is 10.6. The molecule has 134 valence electrons. The molecule has 7 heteroatoms. The maximum atomic E-state index is 12.1. The Kier molecular flexibility index (Phi) is 5.47. The van der Waals surface area contributed by atoms with E-state index >= 15 is 0 Å². The molecule has 1 aromatic carbocycles. The van der Waals surface area contributed by atoms with Gasteiger partial charge in [-0.15, -0.1) is 0 Å². The van der Waals surface area contributed by atoms with Crippen LogP contribution in [0.1, 0.15) is 25.0 Å². The van der Waals surface area contributed by atoms with Gasteiger partial charge in [0.2, 0.25) is 0 Å². The maximum Gasteiger partial charge on any atom is 0.319 e. The lowest BCUT2D eigenvalue weighted by atomic mass is 9.82. The van der Waals surface area contributed by atoms with Gasteiger partial charge in [0.05, 0.1) is 11.9 Å². The van der Waals surface area contributed by atoms with E-state index in [2.05, 4.69) is 35.5 Å². The molecule has 0 unspecified atom stereocenters. The molecule has 0 aliphatic rings. The largest absolute Gasteiger partial charge is 0.337 e. The summed E-state index contributed by atoms with van der Waals surface area (Å²) in [6.45, 7) is 6.64. The second-order valence-corrected chi connectivity index (χ2v) is 8.63. The van der Waals surface area contributed by atoms with Gasteiger partial charge >= 0.3 is 6.03 Å². The monoisotopic (exact) mass is 361 g/mol. The number of hydrogen-bond donors (Lipinski definition) is 2. The molecule has 0 spiro atoms. The fourth-order valence-corrected chi connectivity index (χ4v) is 3.14. The third kappa shape index (κ3) is 5.03. The van der Waals surface area contributed by atoms with Gasteiger partial charge < -0.3 is 10.6 Å². The van der Waals surface area contributed by atoms with E-state index in [0.717, 1.165) is 6.26 Å². The Balaban J connectivity index is 1.98. The molecule has 0 bridgehead atoms. The van der Waals surface area contributed by atoms with Crippen molar-refractivity contribution in [2.24, 2.45) is 0 Å². The van der Waals surface area contributed by atoms with Gasteiger partial charge in [0.15, 0.2) is 14.9 Å². The highest BCUT2D eigenvalue weighted by molar-refractivity contribution is 7.90. The summed E-state index contributed by atoms with van der Waals surface area (Å²) < 4.78 is 22.8. The van der Waals surface area contributed by atoms with Gasteiger partial charge in [-0.05, 0) is 30.2 Å². The molecule has 25 heavy (non-hydrogen) atoms. The fraction of sp³-hybridized carbons (Fsp3) is 0.333. The van der Waals surface area contributed by atoms with Crippen LogP contribution in [0.2, 0.25) is 0 Å². The highest BCUT2D eigenvalue weighted by Crippen LogP contribution is 2.25. The summed E-state index contributed by atoms with van der Waals surface area (Å²) >= 11 is 0. The molecule has 2 rings (SSSR count). The molecule has 0 saturated heterocycles. The van der Waals surface area contributed by atoms with Crippen molar-refractivity contribution in [3.8, 4) is 0 Å². The van der Waals surface area contributed by atoms with Gasteiger partial charge in [-0.3, -0.25) is 0 Å². The van der Waals surface area contributed by atoms with Crippen molar-refractivity contribution in [3.63, 3.8) is 0 Å². The number of amides is 2. The molecule has 0 saturated carbocycles. The molecule has 1 aromatic heterocycles. The van der Waals surface area contributed by atoms with Crippen LogP contribution < -0.4 is 10.6 Å². The Morgan fingerprint density at radius 2 is 1.84 bits per heavy atom. The molecule has 2 amide bonds. The summed E-state index contributed by atoms with van der Waals surface area (Å²) in [4.78, 5) is 15.9. The number of aryl methyl sites for hydroxylation is 1. The Hall–Kier alpha value is -2.41. The lowest BCUT2D eigenvalue weighted by molar-refractivity contribution is 0.249. The first-order valence-electron chi connectivity index (χ1n) is 7.87. The molecule has 0 radical (unpaired) electrons. The molecular weight excluding hydrogens is 338 g/mol. The van der Waals surface area contributed by atoms with Crippen molar-refractivity contribution in [3.05, 3.63) is 53.7 Å². The lowest BCUT2D eigenvalue weighted by Gasteiger charge is -2.27. The molecular formula is C18H23N3O3S. The quantitative estimate of drug-likeness (QED) is 0.857. The summed E-state index contributed by atoms with van der Waals surface area (Å²) in [7, 11) is -3.35. The number of pyridine rings is 1. The number of sulfone groups is 1. The van der Waals surface area contributed by atoms with Crippen LogP contribution in [0.4, 0.5) is 10.5 Å². The predicted octanol–water partition coefficient (Wildman–Crippen LogP) is 2.89. The van der Waals surface area contributed by atoms with Gasteiger partial charge in [-0.25, -0.2) is 18.2 Å². The van der Waals surface area contributed by atoms with E-state index in [1.807, 2.05) is 25.1 Å². The van der Waals surface area contributed by atoms with Gasteiger partial charge in [0.1, 0.15) is 0 Å². The standard InChI is InChI=1S/C18H23N3O3S/c1-13-7-5-6-8-15(13)18(2,3)12-20-17(22)21-14-9-10-16(19-11-14)25(4,23)24/h5-11H,12H2,1-4H3,(H2,20,21,22). The Morgan fingerprint density at radius 1 is 1.16 bits per heavy atom. The summed E-state index contributed by atoms with van der Waals surface area (Å²) in [5.41, 5.74) is 2.56. The first-order chi connectivity index (χ1) is 11.6. The van der Waals surface area contributed by atoms with Crippen molar-refractivity contribution in [2.75, 3.05) is 18.1 Å². The summed E-state index contributed by atoms with van der Waals surface area (Å²) in [6.07, 6.45) is 2.41. The Morgan fingerprint density at radius 3 is 2.40 bits per heavy atom. The van der Waals surface area contributed by atoms with E-state index in [9.17, 15) is 13.2 Å². The maximum absolute atomic E-state index is 12.1. The minimum atomic E-state index is -3.35. The second-order valence-electron chi connectivity index (χ2n) is 6.66. The van der Waals surface area contributed by atoms with E-state index in [0.29, 0.717) is 12.2 Å². The van der Waals surface area contributed by atoms with Crippen LogP contribution in [0.15, 0.2) is 47.6 Å². The van der Waals surface area contributed by atoms with Crippen molar-refractivity contribution >= 4 is 21.6 Å². The SMILES string of the molecule is Cc1ccccc1C(C)(C)CNC(=O)Nc1ccc(S(C)(=O)=O)nc1. The van der Waals surface area contributed by atoms with E-state index in [-0.39, 0.29) is 16.5 Å². The number of carbonyl (C=O) groups is 1. The number of carbonyl (C=O) groups excluding carboxylic acids is 1. The highest BCUT2D eigenvalue weighted by atomic mass is 32.2. The number of aromatic nitrogens is 1. The number of nitrogens with one attached hydrogen (secondary N) is 2. The smallest absolute Gasteiger partial charge is 0.319 e. The van der Waals surface area contributed by atoms with Crippen LogP contribution in [-0.2, 0) is 15.3 Å². The van der Waals surface area contributed by atoms with E-state index in [4.69, 9.17) is 0 Å². The average molecular weight is 361 g/mol. The predicted molar refractivity (Wildman–Crippen MR) is 98.6 cm³/mol.